The van der Waals surface area contributed by atoms with Crippen LogP contribution in [0.2, 0.25) is 0 Å². The van der Waals surface area contributed by atoms with E-state index in [2.05, 4.69) is 17.4 Å². The third-order valence-corrected chi connectivity index (χ3v) is 9.53. The average Bonchev–Trinajstić information content (AvgIpc) is 3.12. The fraction of sp³-hybridized carbons (Fsp3) is 0.536. The van der Waals surface area contributed by atoms with Crippen LogP contribution in [0.3, 0.4) is 0 Å². The molecule has 3 fully saturated rings. The van der Waals surface area contributed by atoms with E-state index in [1.807, 2.05) is 30.1 Å². The fourth-order valence-electron chi connectivity index (χ4n) is 6.47. The molecule has 2 aliphatic carbocycles. The molecule has 10 heteroatoms. The van der Waals surface area contributed by atoms with E-state index in [9.17, 15) is 26.7 Å². The SMILES string of the molecule is CNC1(c2ccccc2)CCC2(CC1)CN(c1ccc(C(F)(F)F)cc1CS(=O)O)C(=O)N2CC1CCC1. The Kier molecular flexibility index (Phi) is 7.34. The average molecular weight is 550 g/mol. The smallest absolute Gasteiger partial charge is 0.317 e. The molecule has 1 saturated heterocycles. The first-order chi connectivity index (χ1) is 18.1. The quantitative estimate of drug-likeness (QED) is 0.422. The van der Waals surface area contributed by atoms with Gasteiger partial charge in [-0.2, -0.15) is 13.2 Å². The molecule has 1 unspecified atom stereocenters. The number of amides is 2. The summed E-state index contributed by atoms with van der Waals surface area (Å²) in [4.78, 5) is 17.5. The highest BCUT2D eigenvalue weighted by Gasteiger charge is 2.54. The first kappa shape index (κ1) is 27.1. The van der Waals surface area contributed by atoms with E-state index in [0.717, 1.165) is 57.1 Å². The largest absolute Gasteiger partial charge is 0.416 e. The molecule has 2 N–H and O–H groups in total. The summed E-state index contributed by atoms with van der Waals surface area (Å²) >= 11 is -2.36. The second kappa shape index (κ2) is 10.3. The molecule has 3 aliphatic rings. The third kappa shape index (κ3) is 4.98. The Morgan fingerprint density at radius 3 is 2.32 bits per heavy atom. The van der Waals surface area contributed by atoms with Crippen LogP contribution in [-0.4, -0.2) is 45.4 Å². The van der Waals surface area contributed by atoms with Crippen molar-refractivity contribution in [1.29, 1.82) is 0 Å². The maximum absolute atomic E-state index is 14.0. The Balaban J connectivity index is 1.49. The Bertz CT molecular complexity index is 1190. The fourth-order valence-corrected chi connectivity index (χ4v) is 6.97. The lowest BCUT2D eigenvalue weighted by Gasteiger charge is -2.49. The van der Waals surface area contributed by atoms with Gasteiger partial charge >= 0.3 is 12.2 Å². The number of carbonyl (C=O) groups excluding carboxylic acids is 1. The van der Waals surface area contributed by atoms with Crippen molar-refractivity contribution in [1.82, 2.24) is 10.2 Å². The second-order valence-corrected chi connectivity index (χ2v) is 11.9. The van der Waals surface area contributed by atoms with Crippen molar-refractivity contribution in [3.63, 3.8) is 0 Å². The predicted molar refractivity (Wildman–Crippen MR) is 141 cm³/mol. The molecule has 5 rings (SSSR count). The van der Waals surface area contributed by atoms with Gasteiger partial charge in [0.1, 0.15) is 0 Å². The standard InChI is InChI=1S/C28H34F3N3O3S/c1-32-27(22-8-3-2-4-9-22)14-12-26(13-15-27)19-33(25(35)34(26)17-20-6-5-7-20)24-11-10-23(28(29,30)31)16-21(24)18-38(36)37/h2-4,8-11,16,20,32H,5-7,12-15,17-19H2,1H3,(H,36,37). The molecule has 1 aliphatic heterocycles. The van der Waals surface area contributed by atoms with Gasteiger partial charge in [-0.25, -0.2) is 9.00 Å². The maximum atomic E-state index is 14.0. The van der Waals surface area contributed by atoms with Crippen molar-refractivity contribution in [2.75, 3.05) is 25.0 Å². The molecule has 1 atom stereocenters. The van der Waals surface area contributed by atoms with Gasteiger partial charge in [0.15, 0.2) is 11.1 Å². The number of nitrogens with one attached hydrogen (secondary N) is 1. The van der Waals surface area contributed by atoms with Crippen molar-refractivity contribution < 1.29 is 26.7 Å². The molecular formula is C28H34F3N3O3S. The summed E-state index contributed by atoms with van der Waals surface area (Å²) in [5.41, 5.74) is 0.000381. The van der Waals surface area contributed by atoms with Gasteiger partial charge in [0, 0.05) is 17.8 Å². The van der Waals surface area contributed by atoms with Gasteiger partial charge in [-0.15, -0.1) is 0 Å². The van der Waals surface area contributed by atoms with Crippen molar-refractivity contribution in [3.05, 3.63) is 65.2 Å². The monoisotopic (exact) mass is 549 g/mol. The summed E-state index contributed by atoms with van der Waals surface area (Å²) < 4.78 is 61.5. The molecule has 2 saturated carbocycles. The van der Waals surface area contributed by atoms with Crippen LogP contribution in [-0.2, 0) is 28.5 Å². The van der Waals surface area contributed by atoms with Crippen LogP contribution >= 0.6 is 0 Å². The van der Waals surface area contributed by atoms with E-state index in [0.29, 0.717) is 19.0 Å². The lowest BCUT2D eigenvalue weighted by Crippen LogP contribution is -2.56. The number of alkyl halides is 3. The molecule has 0 radical (unpaired) electrons. The van der Waals surface area contributed by atoms with Gasteiger partial charge in [0.2, 0.25) is 0 Å². The van der Waals surface area contributed by atoms with E-state index < -0.39 is 34.1 Å². The highest BCUT2D eigenvalue weighted by molar-refractivity contribution is 7.78. The Morgan fingerprint density at radius 2 is 1.76 bits per heavy atom. The number of rotatable bonds is 7. The number of benzene rings is 2. The number of anilines is 1. The highest BCUT2D eigenvalue weighted by Crippen LogP contribution is 2.49. The maximum Gasteiger partial charge on any atom is 0.416 e. The number of nitrogens with zero attached hydrogens (tertiary/aromatic N) is 2. The van der Waals surface area contributed by atoms with Gasteiger partial charge in [-0.05, 0) is 80.8 Å². The van der Waals surface area contributed by atoms with Crippen molar-refractivity contribution >= 4 is 22.8 Å². The molecule has 2 amide bonds. The summed E-state index contributed by atoms with van der Waals surface area (Å²) in [6.07, 6.45) is 1.82. The van der Waals surface area contributed by atoms with E-state index in [4.69, 9.17) is 0 Å². The second-order valence-electron chi connectivity index (χ2n) is 11.0. The molecule has 6 nitrogen and oxygen atoms in total. The zero-order valence-electron chi connectivity index (χ0n) is 21.5. The molecule has 1 heterocycles. The molecule has 0 aromatic heterocycles. The third-order valence-electron chi connectivity index (χ3n) is 8.97. The zero-order valence-corrected chi connectivity index (χ0v) is 22.3. The molecule has 2 aromatic rings. The van der Waals surface area contributed by atoms with Gasteiger partial charge in [0.05, 0.1) is 23.4 Å². The van der Waals surface area contributed by atoms with Gasteiger partial charge in [0.25, 0.3) is 0 Å². The Labute approximate surface area is 223 Å². The lowest BCUT2D eigenvalue weighted by atomic mass is 9.68. The minimum atomic E-state index is -4.59. The lowest BCUT2D eigenvalue weighted by molar-refractivity contribution is -0.137. The zero-order chi connectivity index (χ0) is 27.1. The van der Waals surface area contributed by atoms with E-state index >= 15 is 0 Å². The van der Waals surface area contributed by atoms with Crippen LogP contribution in [0, 0.1) is 5.92 Å². The van der Waals surface area contributed by atoms with Crippen molar-refractivity contribution in [3.8, 4) is 0 Å². The molecule has 1 spiro atoms. The summed E-state index contributed by atoms with van der Waals surface area (Å²) in [5.74, 6) is -0.0480. The molecular weight excluding hydrogens is 515 g/mol. The normalized spacial score (nSPS) is 27.1. The highest BCUT2D eigenvalue weighted by atomic mass is 32.2. The minimum absolute atomic E-state index is 0.0549. The number of hydrogen-bond donors (Lipinski definition) is 2. The van der Waals surface area contributed by atoms with Crippen LogP contribution < -0.4 is 10.2 Å². The van der Waals surface area contributed by atoms with Crippen LogP contribution in [0.15, 0.2) is 48.5 Å². The van der Waals surface area contributed by atoms with Crippen molar-refractivity contribution in [2.45, 2.75) is 68.0 Å². The Hall–Kier alpha value is -2.43. The van der Waals surface area contributed by atoms with E-state index in [1.165, 1.54) is 11.6 Å². The first-order valence-corrected chi connectivity index (χ1v) is 14.5. The van der Waals surface area contributed by atoms with Gasteiger partial charge in [-0.3, -0.25) is 4.90 Å². The molecule has 0 bridgehead atoms. The van der Waals surface area contributed by atoms with Crippen LogP contribution in [0.1, 0.15) is 61.6 Å². The predicted octanol–water partition coefficient (Wildman–Crippen LogP) is 5.90. The van der Waals surface area contributed by atoms with Crippen LogP contribution in [0.5, 0.6) is 0 Å². The van der Waals surface area contributed by atoms with E-state index in [-0.39, 0.29) is 22.8 Å². The number of urea groups is 1. The molecule has 38 heavy (non-hydrogen) atoms. The minimum Gasteiger partial charge on any atom is -0.317 e. The van der Waals surface area contributed by atoms with E-state index in [1.54, 1.807) is 4.90 Å². The summed E-state index contributed by atoms with van der Waals surface area (Å²) in [6, 6.07) is 13.2. The number of carbonyl (C=O) groups is 1. The van der Waals surface area contributed by atoms with Crippen LogP contribution in [0.25, 0.3) is 0 Å². The summed E-state index contributed by atoms with van der Waals surface area (Å²) in [7, 11) is 1.97. The molecule has 2 aromatic carbocycles. The first-order valence-electron chi connectivity index (χ1n) is 13.2. The van der Waals surface area contributed by atoms with Gasteiger partial charge in [-0.1, -0.05) is 36.8 Å². The summed E-state index contributed by atoms with van der Waals surface area (Å²) in [6.45, 7) is 0.985. The van der Waals surface area contributed by atoms with Crippen LogP contribution in [0.4, 0.5) is 23.7 Å². The van der Waals surface area contributed by atoms with Gasteiger partial charge < -0.3 is 14.8 Å². The number of halogens is 3. The van der Waals surface area contributed by atoms with Crippen molar-refractivity contribution in [2.24, 2.45) is 5.92 Å². The number of hydrogen-bond acceptors (Lipinski definition) is 3. The Morgan fingerprint density at radius 1 is 1.08 bits per heavy atom. The summed E-state index contributed by atoms with van der Waals surface area (Å²) in [5, 5.41) is 3.54. The topological polar surface area (TPSA) is 72.9 Å². The molecule has 206 valence electrons.